The van der Waals surface area contributed by atoms with Gasteiger partial charge in [0.05, 0.1) is 0 Å². The smallest absolute Gasteiger partial charge is 0.303 e. The molecule has 22 heavy (non-hydrogen) atoms. The molecule has 6 heteroatoms. The lowest BCUT2D eigenvalue weighted by Gasteiger charge is -2.07. The van der Waals surface area contributed by atoms with Gasteiger partial charge in [0, 0.05) is 18.5 Å². The minimum atomic E-state index is -0.803. The molecule has 0 radical (unpaired) electrons. The highest BCUT2D eigenvalue weighted by atomic mass is 32.1. The summed E-state index contributed by atoms with van der Waals surface area (Å²) in [5.41, 5.74) is 0.960. The number of H-pyrrole nitrogens is 1. The molecule has 0 aliphatic heterocycles. The molecule has 1 heterocycles. The van der Waals surface area contributed by atoms with Crippen molar-refractivity contribution >= 4 is 29.0 Å². The summed E-state index contributed by atoms with van der Waals surface area (Å²) in [6.07, 6.45) is 0.633. The number of benzene rings is 2. The predicted molar refractivity (Wildman–Crippen MR) is 87.2 cm³/mol. The highest BCUT2D eigenvalue weighted by Gasteiger charge is 2.10. The third-order valence-corrected chi connectivity index (χ3v) is 3.85. The molecule has 1 aromatic heterocycles. The Kier molecular flexibility index (Phi) is 4.02. The molecular weight excluding hydrogens is 298 g/mol. The fourth-order valence-electron chi connectivity index (χ4n) is 2.46. The van der Waals surface area contributed by atoms with Crippen LogP contribution >= 0.6 is 12.2 Å². The molecule has 0 saturated heterocycles. The number of hydrogen-bond acceptors (Lipinski definition) is 3. The van der Waals surface area contributed by atoms with Crippen molar-refractivity contribution in [2.24, 2.45) is 0 Å². The maximum Gasteiger partial charge on any atom is 0.303 e. The fraction of sp³-hybridized carbons (Fsp3) is 0.188. The molecule has 0 unspecified atom stereocenters. The summed E-state index contributed by atoms with van der Waals surface area (Å²) in [4.78, 5) is 10.7. The Hall–Kier alpha value is -2.47. The standard InChI is InChI=1S/C16H15N3O2S/c20-14(21)6-3-9-19-15(17-18-16(19)22)13-8-7-11-4-1-2-5-12(11)10-13/h1-2,4-5,7-8,10H,3,6,9H2,(H,18,22)(H,20,21). The van der Waals surface area contributed by atoms with Crippen LogP contribution < -0.4 is 0 Å². The number of carboxylic acids is 1. The van der Waals surface area contributed by atoms with Gasteiger partial charge in [-0.25, -0.2) is 0 Å². The zero-order valence-electron chi connectivity index (χ0n) is 11.8. The summed E-state index contributed by atoms with van der Waals surface area (Å²) >= 11 is 5.25. The average Bonchev–Trinajstić information content (AvgIpc) is 2.88. The number of hydrogen-bond donors (Lipinski definition) is 2. The number of rotatable bonds is 5. The van der Waals surface area contributed by atoms with Gasteiger partial charge >= 0.3 is 5.97 Å². The van der Waals surface area contributed by atoms with Crippen molar-refractivity contribution in [1.29, 1.82) is 0 Å². The zero-order chi connectivity index (χ0) is 15.5. The van der Waals surface area contributed by atoms with Gasteiger partial charge in [0.2, 0.25) is 0 Å². The topological polar surface area (TPSA) is 70.9 Å². The molecule has 0 fully saturated rings. The van der Waals surface area contributed by atoms with Crippen molar-refractivity contribution in [2.75, 3.05) is 0 Å². The summed E-state index contributed by atoms with van der Waals surface area (Å²) in [7, 11) is 0. The van der Waals surface area contributed by atoms with E-state index in [9.17, 15) is 4.79 Å². The van der Waals surface area contributed by atoms with Crippen LogP contribution in [0.1, 0.15) is 12.8 Å². The number of nitrogens with zero attached hydrogens (tertiary/aromatic N) is 2. The monoisotopic (exact) mass is 313 g/mol. The Bertz CT molecular complexity index is 882. The van der Waals surface area contributed by atoms with E-state index in [1.165, 1.54) is 0 Å². The SMILES string of the molecule is O=C(O)CCCn1c(-c2ccc3ccccc3c2)n[nH]c1=S. The number of nitrogens with one attached hydrogen (secondary N) is 1. The highest BCUT2D eigenvalue weighted by molar-refractivity contribution is 7.71. The minimum absolute atomic E-state index is 0.115. The maximum atomic E-state index is 10.7. The van der Waals surface area contributed by atoms with Crippen LogP contribution in [0.3, 0.4) is 0 Å². The van der Waals surface area contributed by atoms with Crippen LogP contribution in [0.4, 0.5) is 0 Å². The first kappa shape index (κ1) is 14.5. The molecule has 3 rings (SSSR count). The van der Waals surface area contributed by atoms with E-state index in [-0.39, 0.29) is 6.42 Å². The van der Waals surface area contributed by atoms with E-state index in [1.54, 1.807) is 0 Å². The lowest BCUT2D eigenvalue weighted by molar-refractivity contribution is -0.137. The number of carbonyl (C=O) groups is 1. The highest BCUT2D eigenvalue weighted by Crippen LogP contribution is 2.23. The van der Waals surface area contributed by atoms with Crippen molar-refractivity contribution in [3.63, 3.8) is 0 Å². The molecule has 0 amide bonds. The molecule has 0 bridgehead atoms. The van der Waals surface area contributed by atoms with Crippen LogP contribution in [0.15, 0.2) is 42.5 Å². The second-order valence-corrected chi connectivity index (χ2v) is 5.45. The molecule has 0 atom stereocenters. The maximum absolute atomic E-state index is 10.7. The normalized spacial score (nSPS) is 10.9. The predicted octanol–water partition coefficient (Wildman–Crippen LogP) is 3.63. The van der Waals surface area contributed by atoms with E-state index in [1.807, 2.05) is 28.8 Å². The average molecular weight is 313 g/mol. The van der Waals surface area contributed by atoms with Crippen LogP contribution in [0.2, 0.25) is 0 Å². The summed E-state index contributed by atoms with van der Waals surface area (Å²) in [6, 6.07) is 14.2. The van der Waals surface area contributed by atoms with E-state index >= 15 is 0 Å². The van der Waals surface area contributed by atoms with Crippen molar-refractivity contribution in [1.82, 2.24) is 14.8 Å². The quantitative estimate of drug-likeness (QED) is 0.706. The van der Waals surface area contributed by atoms with Gasteiger partial charge in [0.1, 0.15) is 0 Å². The van der Waals surface area contributed by atoms with Gasteiger partial charge in [0.25, 0.3) is 0 Å². The number of carboxylic acid groups (broad SMARTS) is 1. The Morgan fingerprint density at radius 3 is 2.77 bits per heavy atom. The van der Waals surface area contributed by atoms with Gasteiger partial charge in [0.15, 0.2) is 10.6 Å². The van der Waals surface area contributed by atoms with E-state index in [2.05, 4.69) is 28.4 Å². The first-order valence-electron chi connectivity index (χ1n) is 7.01. The minimum Gasteiger partial charge on any atom is -0.481 e. The lowest BCUT2D eigenvalue weighted by atomic mass is 10.1. The number of fused-ring (bicyclic) bond motifs is 1. The lowest BCUT2D eigenvalue weighted by Crippen LogP contribution is -2.04. The zero-order valence-corrected chi connectivity index (χ0v) is 12.6. The molecule has 0 spiro atoms. The molecule has 0 aliphatic rings. The van der Waals surface area contributed by atoms with Gasteiger partial charge in [-0.3, -0.25) is 9.89 Å². The van der Waals surface area contributed by atoms with Gasteiger partial charge in [-0.1, -0.05) is 36.4 Å². The Balaban J connectivity index is 1.96. The molecule has 112 valence electrons. The summed E-state index contributed by atoms with van der Waals surface area (Å²) in [5, 5.41) is 18.1. The van der Waals surface area contributed by atoms with Crippen LogP contribution in [0, 0.1) is 4.77 Å². The van der Waals surface area contributed by atoms with Gasteiger partial charge in [-0.2, -0.15) is 5.10 Å². The Morgan fingerprint density at radius 1 is 1.23 bits per heavy atom. The van der Waals surface area contributed by atoms with Gasteiger partial charge in [-0.05, 0) is 35.5 Å². The van der Waals surface area contributed by atoms with E-state index in [0.29, 0.717) is 17.7 Å². The van der Waals surface area contributed by atoms with Crippen molar-refractivity contribution < 1.29 is 9.90 Å². The number of aliphatic carboxylic acids is 1. The van der Waals surface area contributed by atoms with Crippen molar-refractivity contribution in [3.05, 3.63) is 47.2 Å². The van der Waals surface area contributed by atoms with E-state index in [0.717, 1.165) is 22.2 Å². The third kappa shape index (κ3) is 2.92. The second kappa shape index (κ2) is 6.11. The molecule has 2 aromatic carbocycles. The number of aromatic nitrogens is 3. The van der Waals surface area contributed by atoms with Gasteiger partial charge in [-0.15, -0.1) is 0 Å². The second-order valence-electron chi connectivity index (χ2n) is 5.06. The summed E-state index contributed by atoms with van der Waals surface area (Å²) in [6.45, 7) is 0.532. The summed E-state index contributed by atoms with van der Waals surface area (Å²) < 4.78 is 2.36. The van der Waals surface area contributed by atoms with Gasteiger partial charge < -0.3 is 9.67 Å². The van der Waals surface area contributed by atoms with Crippen molar-refractivity contribution in [3.8, 4) is 11.4 Å². The van der Waals surface area contributed by atoms with Crippen LogP contribution in [-0.4, -0.2) is 25.8 Å². The van der Waals surface area contributed by atoms with Crippen molar-refractivity contribution in [2.45, 2.75) is 19.4 Å². The molecule has 0 aliphatic carbocycles. The fourth-order valence-corrected chi connectivity index (χ4v) is 2.69. The van der Waals surface area contributed by atoms with E-state index < -0.39 is 5.97 Å². The molecule has 2 N–H and O–H groups in total. The molecule has 0 saturated carbocycles. The van der Waals surface area contributed by atoms with E-state index in [4.69, 9.17) is 17.3 Å². The third-order valence-electron chi connectivity index (χ3n) is 3.54. The molecule has 5 nitrogen and oxygen atoms in total. The molecule has 3 aromatic rings. The first-order chi connectivity index (χ1) is 10.6. The Morgan fingerprint density at radius 2 is 2.00 bits per heavy atom. The van der Waals surface area contributed by atoms with Crippen LogP contribution in [0.25, 0.3) is 22.2 Å². The number of aromatic amines is 1. The van der Waals surface area contributed by atoms with Crippen LogP contribution in [0.5, 0.6) is 0 Å². The summed E-state index contributed by atoms with van der Waals surface area (Å²) in [5.74, 6) is -0.0663. The largest absolute Gasteiger partial charge is 0.481 e. The Labute approximate surface area is 132 Å². The van der Waals surface area contributed by atoms with Crippen LogP contribution in [-0.2, 0) is 11.3 Å². The first-order valence-corrected chi connectivity index (χ1v) is 7.42. The molecular formula is C16H15N3O2S.